The van der Waals surface area contributed by atoms with Crippen molar-refractivity contribution in [3.63, 3.8) is 0 Å². The molecule has 0 bridgehead atoms. The van der Waals surface area contributed by atoms with Crippen molar-refractivity contribution < 1.29 is 18.6 Å². The van der Waals surface area contributed by atoms with Gasteiger partial charge in [-0.1, -0.05) is 0 Å². The van der Waals surface area contributed by atoms with E-state index in [0.717, 1.165) is 0 Å². The lowest BCUT2D eigenvalue weighted by molar-refractivity contribution is -0.402. The summed E-state index contributed by atoms with van der Waals surface area (Å²) in [5.74, 6) is -0.790. The number of rotatable bonds is 3. The smallest absolute Gasteiger partial charge is 0.405 e. The Kier molecular flexibility index (Phi) is 3.20. The molecule has 0 unspecified atom stereocenters. The van der Waals surface area contributed by atoms with Gasteiger partial charge in [0.1, 0.15) is 10.7 Å². The zero-order valence-electron chi connectivity index (χ0n) is 11.4. The van der Waals surface area contributed by atoms with E-state index in [1.54, 1.807) is 0 Å². The second-order valence-electron chi connectivity index (χ2n) is 5.58. The van der Waals surface area contributed by atoms with Crippen LogP contribution in [-0.4, -0.2) is 23.2 Å². The summed E-state index contributed by atoms with van der Waals surface area (Å²) in [5, 5.41) is 10.6. The summed E-state index contributed by atoms with van der Waals surface area (Å²) < 4.78 is 16.6. The first-order valence-corrected chi connectivity index (χ1v) is 5.99. The molecule has 8 heteroatoms. The normalized spacial score (nSPS) is 22.5. The van der Waals surface area contributed by atoms with Gasteiger partial charge < -0.3 is 19.5 Å². The molecule has 1 aromatic rings. The van der Waals surface area contributed by atoms with E-state index in [4.69, 9.17) is 19.5 Å². The average molecular weight is 268 g/mol. The van der Waals surface area contributed by atoms with Crippen LogP contribution in [0.5, 0.6) is 0 Å². The number of furan rings is 1. The van der Waals surface area contributed by atoms with E-state index in [0.29, 0.717) is 0 Å². The minimum absolute atomic E-state index is 0.269. The summed E-state index contributed by atoms with van der Waals surface area (Å²) in [4.78, 5) is 9.96. The number of hydrogen-bond acceptors (Lipinski definition) is 6. The molecule has 0 saturated carbocycles. The van der Waals surface area contributed by atoms with Gasteiger partial charge in [-0.25, -0.2) is 0 Å². The van der Waals surface area contributed by atoms with Gasteiger partial charge in [-0.15, -0.1) is 0 Å². The van der Waals surface area contributed by atoms with Crippen LogP contribution in [0.3, 0.4) is 0 Å². The van der Waals surface area contributed by atoms with Crippen LogP contribution in [0, 0.1) is 10.1 Å². The monoisotopic (exact) mass is 268 g/mol. The maximum Gasteiger partial charge on any atom is 0.483 e. The molecule has 19 heavy (non-hydrogen) atoms. The maximum absolute atomic E-state index is 10.6. The molecular formula is C11H17BN2O5. The van der Waals surface area contributed by atoms with Crippen LogP contribution in [-0.2, 0) is 9.31 Å². The number of hydrogen-bond donors (Lipinski definition) is 1. The highest BCUT2D eigenvalue weighted by Crippen LogP contribution is 2.39. The number of nitrogens with zero attached hydrogens (tertiary/aromatic N) is 1. The molecular weight excluding hydrogens is 251 g/mol. The fourth-order valence-electron chi connectivity index (χ4n) is 1.79. The molecule has 2 N–H and O–H groups in total. The Morgan fingerprint density at radius 2 is 1.79 bits per heavy atom. The molecule has 2 rings (SSSR count). The Labute approximate surface area is 111 Å². The van der Waals surface area contributed by atoms with Crippen molar-refractivity contribution in [1.29, 1.82) is 0 Å². The minimum Gasteiger partial charge on any atom is -0.405 e. The average Bonchev–Trinajstić information content (AvgIpc) is 2.82. The number of nitrogens with two attached hydrogens (primary N) is 1. The standard InChI is InChI=1S/C11H17BN2O5/c1-10(2)11(3,4)19-12(18-10)9(13)7-5-6-8(17-7)14(15)16/h5-6,9H,13H2,1-4H3/t9-/m0/s1. The van der Waals surface area contributed by atoms with Gasteiger partial charge in [0, 0.05) is 0 Å². The molecule has 0 aliphatic carbocycles. The Morgan fingerprint density at radius 3 is 2.21 bits per heavy atom. The summed E-state index contributed by atoms with van der Waals surface area (Å²) in [6.07, 6.45) is 0. The fraction of sp³-hybridized carbons (Fsp3) is 0.636. The molecule has 2 heterocycles. The first-order chi connectivity index (χ1) is 8.64. The van der Waals surface area contributed by atoms with Gasteiger partial charge in [-0.3, -0.25) is 10.1 Å². The molecule has 1 atom stereocenters. The van der Waals surface area contributed by atoms with Gasteiger partial charge in [0.15, 0.2) is 0 Å². The molecule has 0 radical (unpaired) electrons. The van der Waals surface area contributed by atoms with E-state index in [1.807, 2.05) is 27.7 Å². The van der Waals surface area contributed by atoms with Crippen LogP contribution in [0.15, 0.2) is 16.5 Å². The summed E-state index contributed by atoms with van der Waals surface area (Å²) in [5.41, 5.74) is 4.98. The van der Waals surface area contributed by atoms with Gasteiger partial charge in [0.25, 0.3) is 0 Å². The molecule has 0 amide bonds. The zero-order chi connectivity index (χ0) is 14.4. The molecule has 1 fully saturated rings. The highest BCUT2D eigenvalue weighted by atomic mass is 16.7. The summed E-state index contributed by atoms with van der Waals surface area (Å²) in [6.45, 7) is 7.63. The van der Waals surface area contributed by atoms with Crippen molar-refractivity contribution in [2.24, 2.45) is 5.73 Å². The third-order valence-corrected chi connectivity index (χ3v) is 3.69. The van der Waals surface area contributed by atoms with Crippen LogP contribution in [0.4, 0.5) is 5.88 Å². The Hall–Kier alpha value is -1.38. The van der Waals surface area contributed by atoms with E-state index in [9.17, 15) is 10.1 Å². The number of nitro groups is 1. The topological polar surface area (TPSA) is 101 Å². The molecule has 1 saturated heterocycles. The summed E-state index contributed by atoms with van der Waals surface area (Å²) in [7, 11) is -0.698. The molecule has 0 spiro atoms. The van der Waals surface area contributed by atoms with E-state index < -0.39 is 29.2 Å². The van der Waals surface area contributed by atoms with Crippen LogP contribution in [0.1, 0.15) is 39.4 Å². The maximum atomic E-state index is 10.6. The molecule has 104 valence electrons. The van der Waals surface area contributed by atoms with Crippen molar-refractivity contribution in [1.82, 2.24) is 0 Å². The van der Waals surface area contributed by atoms with Gasteiger partial charge in [0.05, 0.1) is 23.2 Å². The fourth-order valence-corrected chi connectivity index (χ4v) is 1.79. The quantitative estimate of drug-likeness (QED) is 0.509. The van der Waals surface area contributed by atoms with Gasteiger partial charge in [0.2, 0.25) is 0 Å². The summed E-state index contributed by atoms with van der Waals surface area (Å²) in [6, 6.07) is 2.73. The van der Waals surface area contributed by atoms with E-state index in [2.05, 4.69) is 0 Å². The third kappa shape index (κ3) is 2.38. The Morgan fingerprint density at radius 1 is 1.26 bits per heavy atom. The third-order valence-electron chi connectivity index (χ3n) is 3.69. The van der Waals surface area contributed by atoms with Crippen molar-refractivity contribution >= 4 is 13.0 Å². The predicted molar refractivity (Wildman–Crippen MR) is 68.4 cm³/mol. The Bertz CT molecular complexity index is 483. The van der Waals surface area contributed by atoms with E-state index >= 15 is 0 Å². The highest BCUT2D eigenvalue weighted by Gasteiger charge is 2.54. The van der Waals surface area contributed by atoms with Crippen LogP contribution < -0.4 is 5.73 Å². The molecule has 1 aliphatic rings. The molecule has 1 aliphatic heterocycles. The second kappa shape index (κ2) is 4.33. The van der Waals surface area contributed by atoms with Gasteiger partial charge >= 0.3 is 13.0 Å². The molecule has 7 nitrogen and oxygen atoms in total. The molecule has 0 aromatic carbocycles. The SMILES string of the molecule is CC1(C)OB([C@@H](N)c2ccc([N+](=O)[O-])o2)OC1(C)C. The predicted octanol–water partition coefficient (Wildman–Crippen LogP) is 1.82. The van der Waals surface area contributed by atoms with Crippen LogP contribution in [0.2, 0.25) is 0 Å². The lowest BCUT2D eigenvalue weighted by atomic mass is 9.77. The highest BCUT2D eigenvalue weighted by molar-refractivity contribution is 6.47. The largest absolute Gasteiger partial charge is 0.483 e. The van der Waals surface area contributed by atoms with Crippen LogP contribution >= 0.6 is 0 Å². The lowest BCUT2D eigenvalue weighted by Gasteiger charge is -2.32. The minimum atomic E-state index is -0.713. The lowest BCUT2D eigenvalue weighted by Crippen LogP contribution is -2.41. The molecule has 1 aromatic heterocycles. The van der Waals surface area contributed by atoms with Crippen LogP contribution in [0.25, 0.3) is 0 Å². The van der Waals surface area contributed by atoms with Crippen molar-refractivity contribution in [3.05, 3.63) is 28.0 Å². The van der Waals surface area contributed by atoms with Crippen molar-refractivity contribution in [2.45, 2.75) is 44.8 Å². The van der Waals surface area contributed by atoms with E-state index in [-0.39, 0.29) is 11.6 Å². The van der Waals surface area contributed by atoms with Gasteiger partial charge in [-0.05, 0) is 33.8 Å². The Balaban J connectivity index is 2.17. The first-order valence-electron chi connectivity index (χ1n) is 5.99. The summed E-state index contributed by atoms with van der Waals surface area (Å²) >= 11 is 0. The zero-order valence-corrected chi connectivity index (χ0v) is 11.4. The first kappa shape index (κ1) is 14.0. The second-order valence-corrected chi connectivity index (χ2v) is 5.58. The van der Waals surface area contributed by atoms with Gasteiger partial charge in [-0.2, -0.15) is 0 Å². The van der Waals surface area contributed by atoms with Crippen molar-refractivity contribution in [3.8, 4) is 0 Å². The van der Waals surface area contributed by atoms with E-state index in [1.165, 1.54) is 12.1 Å². The van der Waals surface area contributed by atoms with Crippen molar-refractivity contribution in [2.75, 3.05) is 0 Å².